The molecule has 0 bridgehead atoms. The highest BCUT2D eigenvalue weighted by Gasteiger charge is 2.09. The van der Waals surface area contributed by atoms with Gasteiger partial charge in [-0.25, -0.2) is 9.67 Å². The molecule has 3 N–H and O–H groups in total. The van der Waals surface area contributed by atoms with Crippen LogP contribution >= 0.6 is 0 Å². The van der Waals surface area contributed by atoms with E-state index in [1.165, 1.54) is 11.8 Å². The van der Waals surface area contributed by atoms with E-state index in [0.29, 0.717) is 17.3 Å². The van der Waals surface area contributed by atoms with Crippen LogP contribution in [0.4, 0.5) is 5.69 Å². The van der Waals surface area contributed by atoms with Gasteiger partial charge >= 0.3 is 0 Å². The maximum atomic E-state index is 11.8. The number of carbonyl (C=O) groups is 1. The van der Waals surface area contributed by atoms with E-state index in [9.17, 15) is 4.79 Å². The lowest BCUT2D eigenvalue weighted by Gasteiger charge is -2.08. The lowest BCUT2D eigenvalue weighted by molar-refractivity contribution is -0.116. The van der Waals surface area contributed by atoms with Crippen LogP contribution in [0.25, 0.3) is 0 Å². The van der Waals surface area contributed by atoms with Gasteiger partial charge in [-0.05, 0) is 12.1 Å². The van der Waals surface area contributed by atoms with Crippen molar-refractivity contribution in [1.29, 1.82) is 0 Å². The van der Waals surface area contributed by atoms with E-state index in [4.69, 9.17) is 10.5 Å². The molecule has 0 aliphatic carbocycles. The molecule has 0 saturated carbocycles. The highest BCUT2D eigenvalue weighted by Crippen LogP contribution is 2.19. The number of carbonyl (C=O) groups excluding carboxylic acids is 1. The van der Waals surface area contributed by atoms with Gasteiger partial charge in [0.15, 0.2) is 0 Å². The van der Waals surface area contributed by atoms with Crippen LogP contribution in [-0.2, 0) is 17.9 Å². The van der Waals surface area contributed by atoms with Crippen molar-refractivity contribution in [2.45, 2.75) is 13.1 Å². The number of nitrogens with two attached hydrogens (primary N) is 1. The summed E-state index contributed by atoms with van der Waals surface area (Å²) < 4.78 is 6.46. The number of ether oxygens (including phenoxy) is 1. The van der Waals surface area contributed by atoms with E-state index in [1.807, 2.05) is 0 Å². The number of nitrogens with one attached hydrogen (secondary N) is 1. The molecular formula is C11H14N6O2. The second kappa shape index (κ2) is 5.91. The van der Waals surface area contributed by atoms with Crippen LogP contribution < -0.4 is 15.8 Å². The maximum Gasteiger partial charge on any atom is 0.246 e. The van der Waals surface area contributed by atoms with Gasteiger partial charge in [0.05, 0.1) is 19.0 Å². The third-order valence-electron chi connectivity index (χ3n) is 2.34. The summed E-state index contributed by atoms with van der Waals surface area (Å²) in [4.78, 5) is 15.8. The quantitative estimate of drug-likeness (QED) is 0.771. The van der Waals surface area contributed by atoms with Crippen molar-refractivity contribution >= 4 is 11.6 Å². The molecule has 2 rings (SSSR count). The predicted octanol–water partition coefficient (Wildman–Crippen LogP) is -0.221. The first-order valence-corrected chi connectivity index (χ1v) is 5.61. The summed E-state index contributed by atoms with van der Waals surface area (Å²) in [6.07, 6.45) is 3.21. The van der Waals surface area contributed by atoms with Gasteiger partial charge in [-0.15, -0.1) is 5.10 Å². The Morgan fingerprint density at radius 1 is 1.58 bits per heavy atom. The predicted molar refractivity (Wildman–Crippen MR) is 67.3 cm³/mol. The fourth-order valence-electron chi connectivity index (χ4n) is 1.49. The maximum absolute atomic E-state index is 11.8. The molecule has 100 valence electrons. The van der Waals surface area contributed by atoms with Crippen molar-refractivity contribution in [1.82, 2.24) is 20.0 Å². The lowest BCUT2D eigenvalue weighted by atomic mass is 10.4. The average molecular weight is 262 g/mol. The number of nitrogens with zero attached hydrogens (tertiary/aromatic N) is 4. The fourth-order valence-corrected chi connectivity index (χ4v) is 1.49. The minimum absolute atomic E-state index is 0.0467. The molecule has 8 nitrogen and oxygen atoms in total. The number of hydrogen-bond donors (Lipinski definition) is 2. The molecule has 0 unspecified atom stereocenters. The molecule has 0 atom stereocenters. The Bertz CT molecular complexity index is 568. The second-order valence-electron chi connectivity index (χ2n) is 3.72. The van der Waals surface area contributed by atoms with Gasteiger partial charge in [-0.2, -0.15) is 0 Å². The zero-order valence-corrected chi connectivity index (χ0v) is 10.4. The van der Waals surface area contributed by atoms with E-state index in [-0.39, 0.29) is 19.0 Å². The van der Waals surface area contributed by atoms with Crippen LogP contribution in [0.2, 0.25) is 0 Å². The lowest BCUT2D eigenvalue weighted by Crippen LogP contribution is -2.19. The fraction of sp³-hybridized carbons (Fsp3) is 0.273. The van der Waals surface area contributed by atoms with E-state index in [1.54, 1.807) is 24.5 Å². The van der Waals surface area contributed by atoms with E-state index in [2.05, 4.69) is 20.6 Å². The van der Waals surface area contributed by atoms with Gasteiger partial charge in [0.1, 0.15) is 12.2 Å². The zero-order chi connectivity index (χ0) is 13.7. The highest BCUT2D eigenvalue weighted by atomic mass is 16.5. The first-order chi connectivity index (χ1) is 9.22. The van der Waals surface area contributed by atoms with Gasteiger partial charge in [0.25, 0.3) is 0 Å². The molecule has 0 radical (unpaired) electrons. The molecule has 2 aromatic heterocycles. The largest absolute Gasteiger partial charge is 0.480 e. The molecule has 0 spiro atoms. The number of aromatic nitrogens is 4. The summed E-state index contributed by atoms with van der Waals surface area (Å²) in [5.74, 6) is 0.108. The van der Waals surface area contributed by atoms with E-state index < -0.39 is 0 Å². The monoisotopic (exact) mass is 262 g/mol. The summed E-state index contributed by atoms with van der Waals surface area (Å²) in [7, 11) is 1.49. The molecule has 0 aromatic carbocycles. The zero-order valence-electron chi connectivity index (χ0n) is 10.4. The Hall–Kier alpha value is -2.48. The summed E-state index contributed by atoms with van der Waals surface area (Å²) in [6, 6.07) is 3.41. The summed E-state index contributed by atoms with van der Waals surface area (Å²) >= 11 is 0. The van der Waals surface area contributed by atoms with Crippen LogP contribution in [0.3, 0.4) is 0 Å². The Kier molecular flexibility index (Phi) is 4.04. The number of anilines is 1. The molecule has 2 aromatic rings. The first-order valence-electron chi connectivity index (χ1n) is 5.61. The third-order valence-corrected chi connectivity index (χ3v) is 2.34. The van der Waals surface area contributed by atoms with Gasteiger partial charge in [-0.1, -0.05) is 5.21 Å². The topological polar surface area (TPSA) is 108 Å². The smallest absolute Gasteiger partial charge is 0.246 e. The van der Waals surface area contributed by atoms with Gasteiger partial charge in [0, 0.05) is 12.7 Å². The average Bonchev–Trinajstić information content (AvgIpc) is 2.87. The Balaban J connectivity index is 2.01. The minimum Gasteiger partial charge on any atom is -0.480 e. The SMILES string of the molecule is COc1ncccc1NC(=O)Cn1cc(CN)nn1. The highest BCUT2D eigenvalue weighted by molar-refractivity contribution is 5.91. The number of rotatable bonds is 5. The number of amides is 1. The standard InChI is InChI=1S/C11H14N6O2/c1-19-11-9(3-2-4-13-11)14-10(18)7-17-6-8(5-12)15-16-17/h2-4,6H,5,7,12H2,1H3,(H,14,18). The van der Waals surface area contributed by atoms with E-state index in [0.717, 1.165) is 0 Å². The van der Waals surface area contributed by atoms with Crippen molar-refractivity contribution in [2.24, 2.45) is 5.73 Å². The van der Waals surface area contributed by atoms with Crippen molar-refractivity contribution in [3.05, 3.63) is 30.2 Å². The molecule has 19 heavy (non-hydrogen) atoms. The van der Waals surface area contributed by atoms with Crippen molar-refractivity contribution in [3.63, 3.8) is 0 Å². The van der Waals surface area contributed by atoms with Crippen LogP contribution in [0, 0.1) is 0 Å². The van der Waals surface area contributed by atoms with Crippen LogP contribution in [0.5, 0.6) is 5.88 Å². The molecular weight excluding hydrogens is 248 g/mol. The molecule has 1 amide bonds. The molecule has 0 aliphatic heterocycles. The summed E-state index contributed by atoms with van der Waals surface area (Å²) in [5, 5.41) is 10.3. The van der Waals surface area contributed by atoms with Gasteiger partial charge < -0.3 is 15.8 Å². The van der Waals surface area contributed by atoms with Crippen LogP contribution in [0.15, 0.2) is 24.5 Å². The van der Waals surface area contributed by atoms with Gasteiger partial charge in [0.2, 0.25) is 11.8 Å². The van der Waals surface area contributed by atoms with E-state index >= 15 is 0 Å². The number of methoxy groups -OCH3 is 1. The van der Waals surface area contributed by atoms with Crippen molar-refractivity contribution < 1.29 is 9.53 Å². The Morgan fingerprint density at radius 2 is 2.42 bits per heavy atom. The first kappa shape index (κ1) is 13.0. The van der Waals surface area contributed by atoms with Crippen LogP contribution in [0.1, 0.15) is 5.69 Å². The second-order valence-corrected chi connectivity index (χ2v) is 3.72. The number of hydrogen-bond acceptors (Lipinski definition) is 6. The third kappa shape index (κ3) is 3.26. The Morgan fingerprint density at radius 3 is 3.11 bits per heavy atom. The molecule has 8 heteroatoms. The van der Waals surface area contributed by atoms with Crippen molar-refractivity contribution in [2.75, 3.05) is 12.4 Å². The summed E-state index contributed by atoms with van der Waals surface area (Å²) in [6.45, 7) is 0.336. The number of pyridine rings is 1. The normalized spacial score (nSPS) is 10.2. The van der Waals surface area contributed by atoms with Crippen molar-refractivity contribution in [3.8, 4) is 5.88 Å². The molecule has 2 heterocycles. The van der Waals surface area contributed by atoms with Gasteiger partial charge in [-0.3, -0.25) is 4.79 Å². The molecule has 0 fully saturated rings. The molecule has 0 aliphatic rings. The van der Waals surface area contributed by atoms with Crippen LogP contribution in [-0.4, -0.2) is 33.0 Å². The minimum atomic E-state index is -0.250. The summed E-state index contributed by atoms with van der Waals surface area (Å²) in [5.41, 5.74) is 6.55. The molecule has 0 saturated heterocycles. The Labute approximate surface area is 109 Å².